The minimum absolute atomic E-state index is 0.0386. The zero-order valence-corrected chi connectivity index (χ0v) is 12.0. The van der Waals surface area contributed by atoms with E-state index in [0.29, 0.717) is 17.3 Å². The van der Waals surface area contributed by atoms with Crippen molar-refractivity contribution in [3.63, 3.8) is 0 Å². The largest absolute Gasteiger partial charge is 0.396 e. The summed E-state index contributed by atoms with van der Waals surface area (Å²) in [6.07, 6.45) is 4.57. The SMILES string of the molecule is CCNc1ncccc1C(=O)N1CCCC(CCO)C1. The first-order valence-electron chi connectivity index (χ1n) is 7.35. The molecule has 1 amide bonds. The average molecular weight is 277 g/mol. The molecule has 2 heterocycles. The number of hydrogen-bond donors (Lipinski definition) is 2. The number of hydrogen-bond acceptors (Lipinski definition) is 4. The highest BCUT2D eigenvalue weighted by molar-refractivity contribution is 5.98. The molecule has 0 spiro atoms. The number of rotatable bonds is 5. The first-order chi connectivity index (χ1) is 9.76. The number of carbonyl (C=O) groups is 1. The molecular formula is C15H23N3O2. The van der Waals surface area contributed by atoms with Crippen LogP contribution in [0.4, 0.5) is 5.82 Å². The number of amides is 1. The normalized spacial score (nSPS) is 18.9. The van der Waals surface area contributed by atoms with Gasteiger partial charge in [-0.2, -0.15) is 0 Å². The fourth-order valence-electron chi connectivity index (χ4n) is 2.72. The molecule has 5 heteroatoms. The molecule has 1 aromatic rings. The van der Waals surface area contributed by atoms with Crippen LogP contribution in [0.3, 0.4) is 0 Å². The summed E-state index contributed by atoms with van der Waals surface area (Å²) in [7, 11) is 0. The van der Waals surface area contributed by atoms with Gasteiger partial charge in [0.15, 0.2) is 0 Å². The highest BCUT2D eigenvalue weighted by Crippen LogP contribution is 2.22. The summed E-state index contributed by atoms with van der Waals surface area (Å²) in [5.41, 5.74) is 0.638. The molecular weight excluding hydrogens is 254 g/mol. The standard InChI is InChI=1S/C15H23N3O2/c1-2-16-14-13(6-3-8-17-14)15(20)18-9-4-5-12(11-18)7-10-19/h3,6,8,12,19H,2,4-5,7,9-11H2,1H3,(H,16,17). The lowest BCUT2D eigenvalue weighted by Crippen LogP contribution is -2.40. The quantitative estimate of drug-likeness (QED) is 0.860. The van der Waals surface area contributed by atoms with Crippen molar-refractivity contribution < 1.29 is 9.90 Å². The van der Waals surface area contributed by atoms with Crippen molar-refractivity contribution in [2.45, 2.75) is 26.2 Å². The number of piperidine rings is 1. The lowest BCUT2D eigenvalue weighted by Gasteiger charge is -2.32. The van der Waals surface area contributed by atoms with Gasteiger partial charge < -0.3 is 15.3 Å². The van der Waals surface area contributed by atoms with Crippen LogP contribution in [0.15, 0.2) is 18.3 Å². The third-order valence-corrected chi connectivity index (χ3v) is 3.73. The van der Waals surface area contributed by atoms with Gasteiger partial charge in [-0.05, 0) is 44.2 Å². The van der Waals surface area contributed by atoms with E-state index in [1.807, 2.05) is 17.9 Å². The Balaban J connectivity index is 2.10. The van der Waals surface area contributed by atoms with E-state index >= 15 is 0 Å². The molecule has 5 nitrogen and oxygen atoms in total. The van der Waals surface area contributed by atoms with Crippen molar-refractivity contribution in [2.24, 2.45) is 5.92 Å². The Morgan fingerprint density at radius 3 is 3.20 bits per heavy atom. The van der Waals surface area contributed by atoms with Gasteiger partial charge in [-0.1, -0.05) is 0 Å². The van der Waals surface area contributed by atoms with Crippen molar-refractivity contribution in [2.75, 3.05) is 31.6 Å². The number of carbonyl (C=O) groups excluding carboxylic acids is 1. The van der Waals surface area contributed by atoms with Crippen molar-refractivity contribution in [3.05, 3.63) is 23.9 Å². The molecule has 0 aromatic carbocycles. The average Bonchev–Trinajstić information content (AvgIpc) is 2.48. The molecule has 0 aliphatic carbocycles. The maximum Gasteiger partial charge on any atom is 0.257 e. The van der Waals surface area contributed by atoms with Crippen LogP contribution in [0.5, 0.6) is 0 Å². The van der Waals surface area contributed by atoms with E-state index in [2.05, 4.69) is 10.3 Å². The molecule has 0 radical (unpaired) electrons. The Labute approximate surface area is 120 Å². The number of pyridine rings is 1. The number of nitrogens with zero attached hydrogens (tertiary/aromatic N) is 2. The van der Waals surface area contributed by atoms with Crippen LogP contribution in [0.25, 0.3) is 0 Å². The van der Waals surface area contributed by atoms with Crippen LogP contribution in [0, 0.1) is 5.92 Å². The molecule has 0 bridgehead atoms. The second-order valence-corrected chi connectivity index (χ2v) is 5.20. The van der Waals surface area contributed by atoms with Gasteiger partial charge in [-0.25, -0.2) is 4.98 Å². The number of likely N-dealkylation sites (tertiary alicyclic amines) is 1. The molecule has 110 valence electrons. The van der Waals surface area contributed by atoms with Crippen molar-refractivity contribution >= 4 is 11.7 Å². The maximum atomic E-state index is 12.6. The van der Waals surface area contributed by atoms with Crippen molar-refractivity contribution in [1.29, 1.82) is 0 Å². The number of anilines is 1. The maximum absolute atomic E-state index is 12.6. The second-order valence-electron chi connectivity index (χ2n) is 5.20. The molecule has 2 rings (SSSR count). The fourth-order valence-corrected chi connectivity index (χ4v) is 2.72. The van der Waals surface area contributed by atoms with E-state index in [1.54, 1.807) is 12.3 Å². The molecule has 1 fully saturated rings. The predicted octanol–water partition coefficient (Wildman–Crippen LogP) is 1.75. The topological polar surface area (TPSA) is 65.5 Å². The Hall–Kier alpha value is -1.62. The minimum atomic E-state index is 0.0386. The molecule has 2 N–H and O–H groups in total. The number of aliphatic hydroxyl groups excluding tert-OH is 1. The van der Waals surface area contributed by atoms with Gasteiger partial charge in [0, 0.05) is 32.4 Å². The number of nitrogens with one attached hydrogen (secondary N) is 1. The Bertz CT molecular complexity index is 448. The first kappa shape index (κ1) is 14.8. The summed E-state index contributed by atoms with van der Waals surface area (Å²) >= 11 is 0. The Morgan fingerprint density at radius 1 is 1.60 bits per heavy atom. The molecule has 20 heavy (non-hydrogen) atoms. The van der Waals surface area contributed by atoms with Crippen LogP contribution in [-0.2, 0) is 0 Å². The van der Waals surface area contributed by atoms with E-state index in [9.17, 15) is 4.79 Å². The van der Waals surface area contributed by atoms with Crippen molar-refractivity contribution in [1.82, 2.24) is 9.88 Å². The second kappa shape index (κ2) is 7.24. The predicted molar refractivity (Wildman–Crippen MR) is 78.7 cm³/mol. The molecule has 1 unspecified atom stereocenters. The minimum Gasteiger partial charge on any atom is -0.396 e. The lowest BCUT2D eigenvalue weighted by atomic mass is 9.94. The highest BCUT2D eigenvalue weighted by atomic mass is 16.3. The monoisotopic (exact) mass is 277 g/mol. The van der Waals surface area contributed by atoms with E-state index in [4.69, 9.17) is 5.11 Å². The van der Waals surface area contributed by atoms with E-state index < -0.39 is 0 Å². The molecule has 0 saturated carbocycles. The zero-order chi connectivity index (χ0) is 14.4. The smallest absolute Gasteiger partial charge is 0.257 e. The molecule has 1 saturated heterocycles. The van der Waals surface area contributed by atoms with E-state index in [1.165, 1.54) is 0 Å². The van der Waals surface area contributed by atoms with Gasteiger partial charge in [0.1, 0.15) is 5.82 Å². The fraction of sp³-hybridized carbons (Fsp3) is 0.600. The van der Waals surface area contributed by atoms with Gasteiger partial charge in [-0.3, -0.25) is 4.79 Å². The van der Waals surface area contributed by atoms with Gasteiger partial charge in [0.2, 0.25) is 0 Å². The number of aromatic nitrogens is 1. The summed E-state index contributed by atoms with van der Waals surface area (Å²) in [5.74, 6) is 1.11. The first-order valence-corrected chi connectivity index (χ1v) is 7.35. The number of aliphatic hydroxyl groups is 1. The summed E-state index contributed by atoms with van der Waals surface area (Å²) in [4.78, 5) is 18.8. The van der Waals surface area contributed by atoms with Gasteiger partial charge in [0.05, 0.1) is 5.56 Å². The third-order valence-electron chi connectivity index (χ3n) is 3.73. The van der Waals surface area contributed by atoms with Crippen molar-refractivity contribution in [3.8, 4) is 0 Å². The summed E-state index contributed by atoms with van der Waals surface area (Å²) in [6.45, 7) is 4.45. The highest BCUT2D eigenvalue weighted by Gasteiger charge is 2.25. The van der Waals surface area contributed by atoms with Crippen LogP contribution < -0.4 is 5.32 Å². The lowest BCUT2D eigenvalue weighted by molar-refractivity contribution is 0.0654. The molecule has 1 aromatic heterocycles. The van der Waals surface area contributed by atoms with Gasteiger partial charge in [-0.15, -0.1) is 0 Å². The zero-order valence-electron chi connectivity index (χ0n) is 12.0. The summed E-state index contributed by atoms with van der Waals surface area (Å²) in [5, 5.41) is 12.2. The summed E-state index contributed by atoms with van der Waals surface area (Å²) in [6, 6.07) is 3.62. The van der Waals surface area contributed by atoms with E-state index in [0.717, 1.165) is 38.9 Å². The van der Waals surface area contributed by atoms with Gasteiger partial charge in [0.25, 0.3) is 5.91 Å². The summed E-state index contributed by atoms with van der Waals surface area (Å²) < 4.78 is 0. The van der Waals surface area contributed by atoms with Gasteiger partial charge >= 0.3 is 0 Å². The van der Waals surface area contributed by atoms with Crippen LogP contribution >= 0.6 is 0 Å². The van der Waals surface area contributed by atoms with Crippen LogP contribution in [0.2, 0.25) is 0 Å². The Kier molecular flexibility index (Phi) is 5.35. The molecule has 1 atom stereocenters. The van der Waals surface area contributed by atoms with Crippen LogP contribution in [0.1, 0.15) is 36.5 Å². The molecule has 1 aliphatic rings. The third kappa shape index (κ3) is 3.48. The molecule has 1 aliphatic heterocycles. The Morgan fingerprint density at radius 2 is 2.45 bits per heavy atom. The van der Waals surface area contributed by atoms with Crippen LogP contribution in [-0.4, -0.2) is 47.1 Å². The van der Waals surface area contributed by atoms with E-state index in [-0.39, 0.29) is 12.5 Å².